The van der Waals surface area contributed by atoms with Gasteiger partial charge >= 0.3 is 12.1 Å². The molecule has 0 bridgehead atoms. The Morgan fingerprint density at radius 3 is 2.26 bits per heavy atom. The topological polar surface area (TPSA) is 93.5 Å². The van der Waals surface area contributed by atoms with E-state index in [0.717, 1.165) is 48.3 Å². The highest BCUT2D eigenvalue weighted by atomic mass is 35.5. The summed E-state index contributed by atoms with van der Waals surface area (Å²) in [5.74, 6) is -4.84. The summed E-state index contributed by atoms with van der Waals surface area (Å²) in [5, 5.41) is 10.5. The van der Waals surface area contributed by atoms with Crippen LogP contribution in [0.15, 0.2) is 59.8 Å². The minimum absolute atomic E-state index is 0.0612. The Morgan fingerprint density at radius 2 is 1.70 bits per heavy atom. The van der Waals surface area contributed by atoms with Crippen LogP contribution in [0.2, 0.25) is 5.02 Å². The average Bonchev–Trinajstić information content (AvgIpc) is 3.40. The van der Waals surface area contributed by atoms with E-state index in [2.05, 4.69) is 12.2 Å². The third-order valence-corrected chi connectivity index (χ3v) is 8.90. The third-order valence-electron chi connectivity index (χ3n) is 7.62. The largest absolute Gasteiger partial charge is 0.495 e. The predicted molar refractivity (Wildman–Crippen MR) is 164 cm³/mol. The Hall–Kier alpha value is -4.17. The molecule has 5 rings (SSSR count). The van der Waals surface area contributed by atoms with Gasteiger partial charge in [0.15, 0.2) is 5.16 Å². The van der Waals surface area contributed by atoms with E-state index < -0.39 is 35.1 Å². The van der Waals surface area contributed by atoms with Crippen molar-refractivity contribution in [2.24, 2.45) is 0 Å². The van der Waals surface area contributed by atoms with Crippen molar-refractivity contribution in [1.82, 2.24) is 14.9 Å². The maximum Gasteiger partial charge on any atom is 0.490 e. The summed E-state index contributed by atoms with van der Waals surface area (Å²) in [5.41, 5.74) is 2.70. The lowest BCUT2D eigenvalue weighted by Gasteiger charge is -2.36. The number of carboxylic acid groups (broad SMARTS) is 1. The number of alkyl halides is 3. The fourth-order valence-electron chi connectivity index (χ4n) is 5.27. The van der Waals surface area contributed by atoms with Crippen molar-refractivity contribution < 1.29 is 45.8 Å². The number of benzene rings is 3. The summed E-state index contributed by atoms with van der Waals surface area (Å²) in [6.07, 6.45) is -2.67. The van der Waals surface area contributed by atoms with E-state index in [4.69, 9.17) is 31.2 Å². The molecule has 1 unspecified atom stereocenters. The summed E-state index contributed by atoms with van der Waals surface area (Å²) in [6.45, 7) is 2.13. The van der Waals surface area contributed by atoms with E-state index in [1.807, 2.05) is 16.7 Å². The zero-order valence-electron chi connectivity index (χ0n) is 25.1. The highest BCUT2D eigenvalue weighted by Gasteiger charge is 2.40. The van der Waals surface area contributed by atoms with Crippen molar-refractivity contribution in [1.29, 1.82) is 0 Å². The normalized spacial score (nSPS) is 15.7. The van der Waals surface area contributed by atoms with Gasteiger partial charge in [-0.3, -0.25) is 9.36 Å². The van der Waals surface area contributed by atoms with Gasteiger partial charge in [-0.05, 0) is 80.3 Å². The molecular weight excluding hydrogens is 672 g/mol. The fourth-order valence-corrected chi connectivity index (χ4v) is 6.52. The first-order valence-electron chi connectivity index (χ1n) is 14.0. The number of ether oxygens (including phenoxy) is 1. The molecule has 7 nitrogen and oxygen atoms in total. The van der Waals surface area contributed by atoms with E-state index in [1.165, 1.54) is 30.9 Å². The maximum atomic E-state index is 14.9. The first-order chi connectivity index (χ1) is 22.1. The number of thioether (sulfide) groups is 1. The van der Waals surface area contributed by atoms with Gasteiger partial charge in [-0.25, -0.2) is 22.9 Å². The molecule has 1 aliphatic rings. The second-order valence-electron chi connectivity index (χ2n) is 10.6. The SMILES string of the molecule is CNC(=O)c1cc(F)c(CSc2nc3c(n2-c2ccc(F)cc2)C(C)(c2ccc(Cl)c(OC)c2)CCC3)c(F)c1.O=C(O)C(F)(F)F. The monoisotopic (exact) mass is 699 g/mol. The van der Waals surface area contributed by atoms with Gasteiger partial charge in [0.2, 0.25) is 0 Å². The molecule has 0 spiro atoms. The van der Waals surface area contributed by atoms with Crippen LogP contribution in [0.4, 0.5) is 26.3 Å². The van der Waals surface area contributed by atoms with Crippen molar-refractivity contribution in [2.45, 2.75) is 48.7 Å². The summed E-state index contributed by atoms with van der Waals surface area (Å²) in [6, 6.07) is 13.8. The lowest BCUT2D eigenvalue weighted by atomic mass is 9.71. The number of amides is 1. The van der Waals surface area contributed by atoms with Gasteiger partial charge < -0.3 is 15.2 Å². The number of carbonyl (C=O) groups excluding carboxylic acids is 1. The molecule has 3 aromatic carbocycles. The van der Waals surface area contributed by atoms with Gasteiger partial charge in [0, 0.05) is 35.0 Å². The molecular formula is C32H28ClF6N3O4S. The number of carbonyl (C=O) groups is 2. The van der Waals surface area contributed by atoms with Crippen molar-refractivity contribution in [3.63, 3.8) is 0 Å². The van der Waals surface area contributed by atoms with Gasteiger partial charge in [0.05, 0.1) is 23.5 Å². The zero-order valence-corrected chi connectivity index (χ0v) is 26.7. The smallest absolute Gasteiger partial charge is 0.490 e. The molecule has 47 heavy (non-hydrogen) atoms. The molecule has 1 aromatic heterocycles. The number of imidazole rings is 1. The van der Waals surface area contributed by atoms with Gasteiger partial charge in [0.25, 0.3) is 5.91 Å². The van der Waals surface area contributed by atoms with Crippen LogP contribution in [0.3, 0.4) is 0 Å². The lowest BCUT2D eigenvalue weighted by Crippen LogP contribution is -2.31. The maximum absolute atomic E-state index is 14.9. The highest BCUT2D eigenvalue weighted by Crippen LogP contribution is 2.47. The summed E-state index contributed by atoms with van der Waals surface area (Å²) < 4.78 is 82.9. The van der Waals surface area contributed by atoms with Crippen LogP contribution in [0, 0.1) is 17.5 Å². The third kappa shape index (κ3) is 7.70. The van der Waals surface area contributed by atoms with E-state index in [9.17, 15) is 31.1 Å². The molecule has 0 saturated heterocycles. The van der Waals surface area contributed by atoms with Crippen LogP contribution in [-0.4, -0.2) is 46.9 Å². The van der Waals surface area contributed by atoms with Gasteiger partial charge in [-0.1, -0.05) is 29.4 Å². The summed E-state index contributed by atoms with van der Waals surface area (Å²) in [7, 11) is 2.96. The number of aromatic nitrogens is 2. The van der Waals surface area contributed by atoms with Crippen molar-refractivity contribution in [3.05, 3.63) is 105 Å². The van der Waals surface area contributed by atoms with Crippen molar-refractivity contribution in [2.75, 3.05) is 14.2 Å². The summed E-state index contributed by atoms with van der Waals surface area (Å²) in [4.78, 5) is 25.7. The minimum atomic E-state index is -5.08. The first kappa shape index (κ1) is 35.7. The van der Waals surface area contributed by atoms with Gasteiger partial charge in [-0.15, -0.1) is 0 Å². The molecule has 4 aromatic rings. The Labute approximate surface area is 274 Å². The molecule has 250 valence electrons. The van der Waals surface area contributed by atoms with Crippen LogP contribution >= 0.6 is 23.4 Å². The fraction of sp³-hybridized carbons (Fsp3) is 0.281. The Morgan fingerprint density at radius 1 is 1.09 bits per heavy atom. The lowest BCUT2D eigenvalue weighted by molar-refractivity contribution is -0.192. The quantitative estimate of drug-likeness (QED) is 0.151. The number of carboxylic acids is 1. The number of fused-ring (bicyclic) bond motifs is 1. The van der Waals surface area contributed by atoms with Crippen LogP contribution < -0.4 is 10.1 Å². The molecule has 1 aliphatic carbocycles. The predicted octanol–water partition coefficient (Wildman–Crippen LogP) is 7.88. The Bertz CT molecular complexity index is 1780. The Balaban J connectivity index is 0.000000644. The van der Waals surface area contributed by atoms with E-state index in [1.54, 1.807) is 25.3 Å². The number of aryl methyl sites for hydroxylation is 1. The Kier molecular flexibility index (Phi) is 10.9. The number of halogens is 7. The van der Waals surface area contributed by atoms with E-state index in [-0.39, 0.29) is 22.7 Å². The van der Waals surface area contributed by atoms with Crippen molar-refractivity contribution in [3.8, 4) is 11.4 Å². The highest BCUT2D eigenvalue weighted by molar-refractivity contribution is 7.98. The number of aliphatic carboxylic acids is 1. The van der Waals surface area contributed by atoms with E-state index in [0.29, 0.717) is 21.6 Å². The molecule has 1 heterocycles. The standard InChI is InChI=1S/C30H27ClF3N3O2S.C2HF3O2/c1-30(18-6-11-22(31)26(15-18)39-3)12-4-5-25-27(30)37(20-9-7-19(32)8-10-20)29(36-25)40-16-21-23(33)13-17(14-24(21)34)28(38)35-2;3-2(4,5)1(6)7/h6-11,13-15H,4-5,12,16H2,1-3H3,(H,35,38);(H,6,7). The molecule has 2 N–H and O–H groups in total. The molecule has 0 saturated carbocycles. The number of nitrogens with zero attached hydrogens (tertiary/aromatic N) is 2. The summed E-state index contributed by atoms with van der Waals surface area (Å²) >= 11 is 7.50. The number of nitrogens with one attached hydrogen (secondary N) is 1. The number of hydrogen-bond donors (Lipinski definition) is 2. The van der Waals surface area contributed by atoms with Gasteiger partial charge in [0.1, 0.15) is 23.2 Å². The molecule has 1 atom stereocenters. The number of hydrogen-bond acceptors (Lipinski definition) is 5. The molecule has 0 aliphatic heterocycles. The van der Waals surface area contributed by atoms with Crippen LogP contribution in [0.25, 0.3) is 5.69 Å². The molecule has 0 fully saturated rings. The molecule has 15 heteroatoms. The second kappa shape index (κ2) is 14.3. The first-order valence-corrected chi connectivity index (χ1v) is 15.3. The van der Waals surface area contributed by atoms with Gasteiger partial charge in [-0.2, -0.15) is 13.2 Å². The molecule has 0 radical (unpaired) electrons. The van der Waals surface area contributed by atoms with Crippen LogP contribution in [-0.2, 0) is 22.4 Å². The number of methoxy groups -OCH3 is 1. The number of rotatable bonds is 7. The zero-order chi connectivity index (χ0) is 34.7. The van der Waals surface area contributed by atoms with Crippen LogP contribution in [0.5, 0.6) is 5.75 Å². The average molecular weight is 700 g/mol. The van der Waals surface area contributed by atoms with Crippen molar-refractivity contribution >= 4 is 35.2 Å². The second-order valence-corrected chi connectivity index (χ2v) is 12.0. The minimum Gasteiger partial charge on any atom is -0.495 e. The molecule has 1 amide bonds. The van der Waals surface area contributed by atoms with Crippen LogP contribution in [0.1, 0.15) is 52.6 Å². The van der Waals surface area contributed by atoms with E-state index >= 15 is 0 Å².